The van der Waals surface area contributed by atoms with Gasteiger partial charge in [-0.15, -0.1) is 12.6 Å². The molecule has 0 radical (unpaired) electrons. The topological polar surface area (TPSA) is 48.4 Å². The van der Waals surface area contributed by atoms with Crippen LogP contribution < -0.4 is 9.47 Å². The van der Waals surface area contributed by atoms with Crippen LogP contribution in [0.1, 0.15) is 39.6 Å². The standard InChI is InChI=1S/C22H18FNO3S/c1-13-20-17(19(25)8-11-26-20)12-18(23)21(13)27-22(15-6-9-24-10-7-15)14-2-4-16(28)5-3-14/h2-7,9-10,12,22,28H,8,11H2,1H3. The molecule has 0 aliphatic carbocycles. The predicted molar refractivity (Wildman–Crippen MR) is 106 cm³/mol. The quantitative estimate of drug-likeness (QED) is 0.635. The molecule has 2 aromatic carbocycles. The van der Waals surface area contributed by atoms with Gasteiger partial charge in [0.15, 0.2) is 17.3 Å². The Balaban J connectivity index is 1.79. The lowest BCUT2D eigenvalue weighted by Crippen LogP contribution is -2.18. The molecule has 0 N–H and O–H groups in total. The van der Waals surface area contributed by atoms with Gasteiger partial charge in [0.05, 0.1) is 12.2 Å². The monoisotopic (exact) mass is 395 g/mol. The number of carbonyl (C=O) groups excluding carboxylic acids is 1. The zero-order chi connectivity index (χ0) is 19.7. The number of hydrogen-bond donors (Lipinski definition) is 1. The molecular weight excluding hydrogens is 377 g/mol. The van der Waals surface area contributed by atoms with Crippen LogP contribution in [0.3, 0.4) is 0 Å². The summed E-state index contributed by atoms with van der Waals surface area (Å²) in [6.07, 6.45) is 3.02. The van der Waals surface area contributed by atoms with E-state index in [-0.39, 0.29) is 30.1 Å². The van der Waals surface area contributed by atoms with Crippen molar-refractivity contribution in [3.63, 3.8) is 0 Å². The second-order valence-electron chi connectivity index (χ2n) is 6.58. The average molecular weight is 395 g/mol. The Kier molecular flexibility index (Phi) is 5.05. The third kappa shape index (κ3) is 3.47. The van der Waals surface area contributed by atoms with E-state index in [4.69, 9.17) is 9.47 Å². The van der Waals surface area contributed by atoms with Gasteiger partial charge in [0.2, 0.25) is 0 Å². The first-order valence-electron chi connectivity index (χ1n) is 8.89. The summed E-state index contributed by atoms with van der Waals surface area (Å²) >= 11 is 4.32. The van der Waals surface area contributed by atoms with E-state index in [2.05, 4.69) is 17.6 Å². The Morgan fingerprint density at radius 2 is 1.82 bits per heavy atom. The highest BCUT2D eigenvalue weighted by molar-refractivity contribution is 7.80. The summed E-state index contributed by atoms with van der Waals surface area (Å²) < 4.78 is 26.7. The van der Waals surface area contributed by atoms with Crippen LogP contribution in [0.25, 0.3) is 0 Å². The van der Waals surface area contributed by atoms with Crippen molar-refractivity contribution in [2.45, 2.75) is 24.3 Å². The van der Waals surface area contributed by atoms with Gasteiger partial charge in [0.25, 0.3) is 0 Å². The molecule has 1 unspecified atom stereocenters. The largest absolute Gasteiger partial charge is 0.492 e. The summed E-state index contributed by atoms with van der Waals surface area (Å²) in [5.41, 5.74) is 2.43. The molecule has 0 amide bonds. The summed E-state index contributed by atoms with van der Waals surface area (Å²) in [7, 11) is 0. The first-order chi connectivity index (χ1) is 13.5. The van der Waals surface area contributed by atoms with Crippen molar-refractivity contribution in [2.75, 3.05) is 6.61 Å². The Labute approximate surface area is 167 Å². The number of hydrogen-bond acceptors (Lipinski definition) is 5. The molecule has 0 bridgehead atoms. The Morgan fingerprint density at radius 3 is 2.54 bits per heavy atom. The molecule has 142 valence electrons. The number of ketones is 1. The SMILES string of the molecule is Cc1c(OC(c2ccncc2)c2ccc(S)cc2)c(F)cc2c1OCCC2=O. The van der Waals surface area contributed by atoms with E-state index in [1.807, 2.05) is 36.4 Å². The lowest BCUT2D eigenvalue weighted by Gasteiger charge is -2.25. The predicted octanol–water partition coefficient (Wildman–Crippen LogP) is 4.95. The van der Waals surface area contributed by atoms with Crippen molar-refractivity contribution in [1.29, 1.82) is 0 Å². The summed E-state index contributed by atoms with van der Waals surface area (Å²) in [5.74, 6) is -0.234. The third-order valence-electron chi connectivity index (χ3n) is 4.73. The number of aromatic nitrogens is 1. The van der Waals surface area contributed by atoms with E-state index in [0.29, 0.717) is 11.3 Å². The van der Waals surface area contributed by atoms with Crippen LogP contribution in [0.5, 0.6) is 11.5 Å². The molecule has 1 atom stereocenters. The molecule has 0 saturated carbocycles. The lowest BCUT2D eigenvalue weighted by molar-refractivity contribution is 0.0931. The maximum atomic E-state index is 14.9. The van der Waals surface area contributed by atoms with Gasteiger partial charge in [-0.2, -0.15) is 0 Å². The number of benzene rings is 2. The van der Waals surface area contributed by atoms with Crippen molar-refractivity contribution in [3.05, 3.63) is 82.9 Å². The lowest BCUT2D eigenvalue weighted by atomic mass is 9.99. The summed E-state index contributed by atoms with van der Waals surface area (Å²) in [5, 5.41) is 0. The Hall–Kier alpha value is -2.86. The number of pyridine rings is 1. The molecule has 6 heteroatoms. The van der Waals surface area contributed by atoms with Crippen molar-refractivity contribution in [3.8, 4) is 11.5 Å². The van der Waals surface area contributed by atoms with Crippen LogP contribution >= 0.6 is 12.6 Å². The zero-order valence-electron chi connectivity index (χ0n) is 15.2. The van der Waals surface area contributed by atoms with Gasteiger partial charge in [0, 0.05) is 29.3 Å². The molecule has 4 nitrogen and oxygen atoms in total. The van der Waals surface area contributed by atoms with E-state index in [1.54, 1.807) is 19.3 Å². The minimum absolute atomic E-state index is 0.0743. The van der Waals surface area contributed by atoms with E-state index < -0.39 is 11.9 Å². The number of ether oxygens (including phenoxy) is 2. The zero-order valence-corrected chi connectivity index (χ0v) is 16.1. The fourth-order valence-corrected chi connectivity index (χ4v) is 3.44. The minimum atomic E-state index is -0.583. The minimum Gasteiger partial charge on any atom is -0.492 e. The maximum Gasteiger partial charge on any atom is 0.170 e. The molecule has 4 rings (SSSR count). The summed E-state index contributed by atoms with van der Waals surface area (Å²) in [6.45, 7) is 1.99. The van der Waals surface area contributed by atoms with Crippen LogP contribution in [-0.4, -0.2) is 17.4 Å². The Bertz CT molecular complexity index is 1020. The van der Waals surface area contributed by atoms with E-state index in [9.17, 15) is 9.18 Å². The van der Waals surface area contributed by atoms with E-state index in [0.717, 1.165) is 16.0 Å². The first-order valence-corrected chi connectivity index (χ1v) is 9.34. The first kappa shape index (κ1) is 18.5. The van der Waals surface area contributed by atoms with Gasteiger partial charge >= 0.3 is 0 Å². The van der Waals surface area contributed by atoms with Gasteiger partial charge in [0.1, 0.15) is 11.9 Å². The molecule has 0 fully saturated rings. The highest BCUT2D eigenvalue weighted by Crippen LogP contribution is 2.40. The third-order valence-corrected chi connectivity index (χ3v) is 5.03. The molecule has 28 heavy (non-hydrogen) atoms. The van der Waals surface area contributed by atoms with Crippen LogP contribution in [-0.2, 0) is 0 Å². The van der Waals surface area contributed by atoms with Crippen molar-refractivity contribution >= 4 is 18.4 Å². The molecule has 0 spiro atoms. The van der Waals surface area contributed by atoms with Crippen LogP contribution in [0.15, 0.2) is 59.8 Å². The smallest absolute Gasteiger partial charge is 0.170 e. The second-order valence-corrected chi connectivity index (χ2v) is 7.10. The highest BCUT2D eigenvalue weighted by Gasteiger charge is 2.27. The number of Topliss-reactive ketones (excluding diaryl/α,β-unsaturated/α-hetero) is 1. The van der Waals surface area contributed by atoms with E-state index >= 15 is 0 Å². The summed E-state index contributed by atoms with van der Waals surface area (Å²) in [6, 6.07) is 12.3. The molecule has 0 saturated heterocycles. The molecule has 1 aromatic heterocycles. The van der Waals surface area contributed by atoms with Gasteiger partial charge in [-0.3, -0.25) is 9.78 Å². The van der Waals surface area contributed by atoms with Crippen LogP contribution in [0.4, 0.5) is 4.39 Å². The van der Waals surface area contributed by atoms with E-state index in [1.165, 1.54) is 6.07 Å². The van der Waals surface area contributed by atoms with Crippen molar-refractivity contribution in [2.24, 2.45) is 0 Å². The second kappa shape index (κ2) is 7.64. The normalized spacial score (nSPS) is 14.2. The van der Waals surface area contributed by atoms with Crippen LogP contribution in [0, 0.1) is 12.7 Å². The van der Waals surface area contributed by atoms with Gasteiger partial charge in [-0.1, -0.05) is 12.1 Å². The summed E-state index contributed by atoms with van der Waals surface area (Å²) in [4.78, 5) is 17.0. The fourth-order valence-electron chi connectivity index (χ4n) is 3.29. The number of fused-ring (bicyclic) bond motifs is 1. The number of rotatable bonds is 4. The number of thiol groups is 1. The molecule has 3 aromatic rings. The number of halogens is 1. The highest BCUT2D eigenvalue weighted by atomic mass is 32.1. The number of nitrogens with zero attached hydrogens (tertiary/aromatic N) is 1. The Morgan fingerprint density at radius 1 is 1.14 bits per heavy atom. The van der Waals surface area contributed by atoms with Gasteiger partial charge < -0.3 is 9.47 Å². The number of carbonyl (C=O) groups is 1. The van der Waals surface area contributed by atoms with Crippen LogP contribution in [0.2, 0.25) is 0 Å². The fraction of sp³-hybridized carbons (Fsp3) is 0.182. The van der Waals surface area contributed by atoms with Crippen molar-refractivity contribution in [1.82, 2.24) is 4.98 Å². The molecule has 1 aliphatic heterocycles. The molecule has 1 aliphatic rings. The maximum absolute atomic E-state index is 14.9. The van der Waals surface area contributed by atoms with Gasteiger partial charge in [-0.25, -0.2) is 4.39 Å². The molecular formula is C22H18FNO3S. The van der Waals surface area contributed by atoms with Gasteiger partial charge in [-0.05, 0) is 48.4 Å². The average Bonchev–Trinajstić information content (AvgIpc) is 2.71. The molecule has 2 heterocycles. The van der Waals surface area contributed by atoms with Crippen molar-refractivity contribution < 1.29 is 18.7 Å².